The Morgan fingerprint density at radius 1 is 1.16 bits per heavy atom. The Kier molecular flexibility index (Phi) is 3.25. The highest BCUT2D eigenvalue weighted by atomic mass is 16.3. The van der Waals surface area contributed by atoms with Crippen LogP contribution in [-0.2, 0) is 6.54 Å². The molecule has 0 bridgehead atoms. The molecule has 2 aromatic heterocycles. The summed E-state index contributed by atoms with van der Waals surface area (Å²) in [6.07, 6.45) is 3.49. The van der Waals surface area contributed by atoms with Crippen molar-refractivity contribution in [3.05, 3.63) is 60.3 Å². The molecular weight excluding hydrogens is 238 g/mol. The van der Waals surface area contributed by atoms with Crippen LogP contribution in [0.5, 0.6) is 0 Å². The average Bonchev–Trinajstić information content (AvgIpc) is 2.99. The van der Waals surface area contributed by atoms with Crippen LogP contribution in [0.2, 0.25) is 0 Å². The van der Waals surface area contributed by atoms with Gasteiger partial charge in [-0.2, -0.15) is 0 Å². The molecule has 3 aromatic rings. The van der Waals surface area contributed by atoms with Gasteiger partial charge < -0.3 is 9.73 Å². The molecule has 0 amide bonds. The van der Waals surface area contributed by atoms with Crippen LogP contribution in [0.1, 0.15) is 24.4 Å². The standard InChI is InChI=1S/C15H15N3O/c1-11(15-7-4-8-19-15)16-9-12-10-17-13-5-2-3-6-14(13)18-12/h2-8,10-11,16H,9H2,1H3/t11-/m0/s1. The molecule has 19 heavy (non-hydrogen) atoms. The van der Waals surface area contributed by atoms with Crippen LogP contribution in [0.25, 0.3) is 11.0 Å². The predicted molar refractivity (Wildman–Crippen MR) is 73.5 cm³/mol. The summed E-state index contributed by atoms with van der Waals surface area (Å²) in [5.41, 5.74) is 2.77. The summed E-state index contributed by atoms with van der Waals surface area (Å²) in [7, 11) is 0. The van der Waals surface area contributed by atoms with E-state index in [0.29, 0.717) is 6.54 Å². The molecule has 4 heteroatoms. The van der Waals surface area contributed by atoms with E-state index in [4.69, 9.17) is 4.42 Å². The molecule has 4 nitrogen and oxygen atoms in total. The van der Waals surface area contributed by atoms with E-state index < -0.39 is 0 Å². The minimum Gasteiger partial charge on any atom is -0.468 e. The first-order valence-corrected chi connectivity index (χ1v) is 6.30. The van der Waals surface area contributed by atoms with Crippen LogP contribution < -0.4 is 5.32 Å². The van der Waals surface area contributed by atoms with E-state index in [1.165, 1.54) is 0 Å². The van der Waals surface area contributed by atoms with Crippen molar-refractivity contribution in [2.24, 2.45) is 0 Å². The monoisotopic (exact) mass is 253 g/mol. The Balaban J connectivity index is 1.71. The van der Waals surface area contributed by atoms with Gasteiger partial charge >= 0.3 is 0 Å². The summed E-state index contributed by atoms with van der Waals surface area (Å²) in [6.45, 7) is 2.73. The van der Waals surface area contributed by atoms with E-state index in [9.17, 15) is 0 Å². The fourth-order valence-electron chi connectivity index (χ4n) is 1.98. The number of para-hydroxylation sites is 2. The van der Waals surface area contributed by atoms with Crippen LogP contribution in [0.15, 0.2) is 53.3 Å². The molecule has 0 fully saturated rings. The fourth-order valence-corrected chi connectivity index (χ4v) is 1.98. The maximum absolute atomic E-state index is 5.36. The van der Waals surface area contributed by atoms with Crippen molar-refractivity contribution in [1.29, 1.82) is 0 Å². The SMILES string of the molecule is C[C@H](NCc1cnc2ccccc2n1)c1ccco1. The van der Waals surface area contributed by atoms with Crippen molar-refractivity contribution in [1.82, 2.24) is 15.3 Å². The molecule has 0 saturated heterocycles. The molecule has 0 aliphatic rings. The molecule has 1 atom stereocenters. The van der Waals surface area contributed by atoms with Gasteiger partial charge in [0.2, 0.25) is 0 Å². The zero-order valence-corrected chi connectivity index (χ0v) is 10.7. The molecule has 2 heterocycles. The van der Waals surface area contributed by atoms with Gasteiger partial charge in [0.1, 0.15) is 5.76 Å². The molecule has 1 N–H and O–H groups in total. The molecule has 0 spiro atoms. The van der Waals surface area contributed by atoms with Gasteiger partial charge in [0.15, 0.2) is 0 Å². The zero-order valence-electron chi connectivity index (χ0n) is 10.7. The topological polar surface area (TPSA) is 51.0 Å². The number of hydrogen-bond donors (Lipinski definition) is 1. The zero-order chi connectivity index (χ0) is 13.1. The van der Waals surface area contributed by atoms with E-state index in [1.807, 2.05) is 42.6 Å². The normalized spacial score (nSPS) is 12.7. The Morgan fingerprint density at radius 2 is 2.00 bits per heavy atom. The van der Waals surface area contributed by atoms with Crippen LogP contribution in [-0.4, -0.2) is 9.97 Å². The lowest BCUT2D eigenvalue weighted by atomic mass is 10.2. The summed E-state index contributed by atoms with van der Waals surface area (Å²) >= 11 is 0. The van der Waals surface area contributed by atoms with Crippen LogP contribution in [0.4, 0.5) is 0 Å². The van der Waals surface area contributed by atoms with Gasteiger partial charge in [0.05, 0.1) is 35.2 Å². The van der Waals surface area contributed by atoms with Crippen molar-refractivity contribution in [2.45, 2.75) is 19.5 Å². The second kappa shape index (κ2) is 5.20. The average molecular weight is 253 g/mol. The molecule has 96 valence electrons. The molecule has 1 aromatic carbocycles. The third kappa shape index (κ3) is 2.63. The molecule has 3 rings (SSSR count). The lowest BCUT2D eigenvalue weighted by Crippen LogP contribution is -2.18. The summed E-state index contributed by atoms with van der Waals surface area (Å²) < 4.78 is 5.36. The Labute approximate surface area is 111 Å². The summed E-state index contributed by atoms with van der Waals surface area (Å²) in [5.74, 6) is 0.925. The van der Waals surface area contributed by atoms with Gasteiger partial charge in [-0.05, 0) is 31.2 Å². The molecule has 0 aliphatic heterocycles. The Bertz CT molecular complexity index is 664. The first-order chi connectivity index (χ1) is 9.33. The molecular formula is C15H15N3O. The van der Waals surface area contributed by atoms with Gasteiger partial charge in [-0.25, -0.2) is 4.98 Å². The van der Waals surface area contributed by atoms with Crippen molar-refractivity contribution < 1.29 is 4.42 Å². The van der Waals surface area contributed by atoms with E-state index in [-0.39, 0.29) is 6.04 Å². The summed E-state index contributed by atoms with van der Waals surface area (Å²) in [5, 5.41) is 3.37. The minimum atomic E-state index is 0.156. The van der Waals surface area contributed by atoms with Crippen LogP contribution in [0.3, 0.4) is 0 Å². The van der Waals surface area contributed by atoms with Gasteiger partial charge in [0.25, 0.3) is 0 Å². The second-order valence-electron chi connectivity index (χ2n) is 4.47. The van der Waals surface area contributed by atoms with Gasteiger partial charge in [0, 0.05) is 6.54 Å². The molecule has 0 aliphatic carbocycles. The smallest absolute Gasteiger partial charge is 0.120 e. The predicted octanol–water partition coefficient (Wildman–Crippen LogP) is 3.07. The Morgan fingerprint density at radius 3 is 2.79 bits per heavy atom. The summed E-state index contributed by atoms with van der Waals surface area (Å²) in [6, 6.07) is 11.9. The lowest BCUT2D eigenvalue weighted by molar-refractivity contribution is 0.429. The first-order valence-electron chi connectivity index (χ1n) is 6.30. The van der Waals surface area contributed by atoms with Crippen molar-refractivity contribution in [2.75, 3.05) is 0 Å². The highest BCUT2D eigenvalue weighted by Gasteiger charge is 2.08. The van der Waals surface area contributed by atoms with E-state index >= 15 is 0 Å². The number of hydrogen-bond acceptors (Lipinski definition) is 4. The maximum Gasteiger partial charge on any atom is 0.120 e. The third-order valence-electron chi connectivity index (χ3n) is 3.06. The molecule has 0 saturated carbocycles. The van der Waals surface area contributed by atoms with E-state index in [1.54, 1.807) is 6.26 Å². The second-order valence-corrected chi connectivity index (χ2v) is 4.47. The number of rotatable bonds is 4. The molecule has 0 unspecified atom stereocenters. The minimum absolute atomic E-state index is 0.156. The quantitative estimate of drug-likeness (QED) is 0.776. The van der Waals surface area contributed by atoms with Crippen molar-refractivity contribution in [3.63, 3.8) is 0 Å². The largest absolute Gasteiger partial charge is 0.468 e. The first kappa shape index (κ1) is 11.9. The van der Waals surface area contributed by atoms with Crippen molar-refractivity contribution in [3.8, 4) is 0 Å². The number of furan rings is 1. The van der Waals surface area contributed by atoms with Gasteiger partial charge in [-0.1, -0.05) is 12.1 Å². The third-order valence-corrected chi connectivity index (χ3v) is 3.06. The highest BCUT2D eigenvalue weighted by Crippen LogP contribution is 2.13. The molecule has 0 radical (unpaired) electrons. The van der Waals surface area contributed by atoms with E-state index in [2.05, 4.69) is 22.2 Å². The number of benzene rings is 1. The van der Waals surface area contributed by atoms with E-state index in [0.717, 1.165) is 22.5 Å². The highest BCUT2D eigenvalue weighted by molar-refractivity contribution is 5.73. The van der Waals surface area contributed by atoms with Gasteiger partial charge in [-0.15, -0.1) is 0 Å². The Hall–Kier alpha value is -2.20. The lowest BCUT2D eigenvalue weighted by Gasteiger charge is -2.10. The van der Waals surface area contributed by atoms with Crippen LogP contribution in [0, 0.1) is 0 Å². The maximum atomic E-state index is 5.36. The van der Waals surface area contributed by atoms with Crippen LogP contribution >= 0.6 is 0 Å². The number of aromatic nitrogens is 2. The van der Waals surface area contributed by atoms with Gasteiger partial charge in [-0.3, -0.25) is 4.98 Å². The fraction of sp³-hybridized carbons (Fsp3) is 0.200. The van der Waals surface area contributed by atoms with Crippen molar-refractivity contribution >= 4 is 11.0 Å². The number of nitrogens with zero attached hydrogens (tertiary/aromatic N) is 2. The number of nitrogens with one attached hydrogen (secondary N) is 1. The summed E-state index contributed by atoms with van der Waals surface area (Å²) in [4.78, 5) is 8.97. The number of fused-ring (bicyclic) bond motifs is 1.